The van der Waals surface area contributed by atoms with Crippen LogP contribution in [0, 0.1) is 5.92 Å². The van der Waals surface area contributed by atoms with Gasteiger partial charge in [-0.1, -0.05) is 56.7 Å². The molecule has 0 N–H and O–H groups in total. The highest BCUT2D eigenvalue weighted by atomic mass is 35.5. The molecule has 1 aromatic carbocycles. The van der Waals surface area contributed by atoms with E-state index < -0.39 is 0 Å². The molecule has 0 amide bonds. The first-order valence-electron chi connectivity index (χ1n) is 10.8. The Morgan fingerprint density at radius 1 is 1.32 bits per heavy atom. The van der Waals surface area contributed by atoms with Crippen molar-refractivity contribution in [2.24, 2.45) is 5.92 Å². The minimum Gasteiger partial charge on any atom is -0.378 e. The van der Waals surface area contributed by atoms with E-state index in [1.807, 2.05) is 31.2 Å². The summed E-state index contributed by atoms with van der Waals surface area (Å²) in [6, 6.07) is 7.93. The van der Waals surface area contributed by atoms with Gasteiger partial charge < -0.3 is 9.64 Å². The van der Waals surface area contributed by atoms with Gasteiger partial charge in [-0.15, -0.1) is 11.3 Å². The van der Waals surface area contributed by atoms with Crippen molar-refractivity contribution in [1.82, 2.24) is 9.88 Å². The molecule has 168 valence electrons. The molecule has 1 saturated heterocycles. The number of halogens is 1. The summed E-state index contributed by atoms with van der Waals surface area (Å²) in [5, 5.41) is 2.33. The minimum absolute atomic E-state index is 0.0245. The van der Waals surface area contributed by atoms with Crippen molar-refractivity contribution in [2.75, 3.05) is 26.3 Å². The van der Waals surface area contributed by atoms with E-state index in [-0.39, 0.29) is 5.78 Å². The molecule has 0 aliphatic carbocycles. The number of hydrogen-bond donors (Lipinski definition) is 0. The lowest BCUT2D eigenvalue weighted by Gasteiger charge is -2.29. The predicted octanol–water partition coefficient (Wildman–Crippen LogP) is 4.70. The third kappa shape index (κ3) is 7.91. The summed E-state index contributed by atoms with van der Waals surface area (Å²) in [4.78, 5) is 18.6. The average Bonchev–Trinajstić information content (AvgIpc) is 3.16. The van der Waals surface area contributed by atoms with Crippen LogP contribution in [0.2, 0.25) is 5.02 Å². The molecule has 0 atom stereocenters. The van der Waals surface area contributed by atoms with Gasteiger partial charge in [0.1, 0.15) is 0 Å². The molecule has 1 aliphatic heterocycles. The number of ether oxygens (including phenoxy) is 1. The number of aromatic nitrogens is 1. The molecule has 6 heteroatoms. The summed E-state index contributed by atoms with van der Waals surface area (Å²) in [5.41, 5.74) is 2.44. The second-order valence-electron chi connectivity index (χ2n) is 7.67. The maximum atomic E-state index is 11.7. The number of Topliss-reactive ketones (excluding diaryl/α,β-unsaturated/α-hetero) is 1. The number of benzene rings is 1. The molecule has 31 heavy (non-hydrogen) atoms. The third-order valence-corrected chi connectivity index (χ3v) is 6.08. The van der Waals surface area contributed by atoms with Gasteiger partial charge in [0.25, 0.3) is 0 Å². The summed E-state index contributed by atoms with van der Waals surface area (Å²) in [6.45, 7) is 13.2. The molecule has 1 fully saturated rings. The van der Waals surface area contributed by atoms with Gasteiger partial charge >= 0.3 is 0 Å². The fourth-order valence-electron chi connectivity index (χ4n) is 3.14. The first-order valence-corrected chi connectivity index (χ1v) is 12.0. The summed E-state index contributed by atoms with van der Waals surface area (Å²) in [5.74, 6) is 0.411. The van der Waals surface area contributed by atoms with E-state index in [4.69, 9.17) is 16.3 Å². The number of morpholine rings is 1. The molecule has 0 bridgehead atoms. The second-order valence-corrected chi connectivity index (χ2v) is 9.10. The number of carbonyl (C=O) groups is 1. The van der Waals surface area contributed by atoms with Crippen molar-refractivity contribution >= 4 is 40.5 Å². The summed E-state index contributed by atoms with van der Waals surface area (Å²) < 4.78 is 6.53. The van der Waals surface area contributed by atoms with Crippen molar-refractivity contribution in [1.29, 1.82) is 0 Å². The zero-order valence-electron chi connectivity index (χ0n) is 19.2. The molecule has 3 rings (SSSR count). The Hall–Kier alpha value is -1.95. The van der Waals surface area contributed by atoms with Crippen LogP contribution >= 0.6 is 22.9 Å². The highest BCUT2D eigenvalue weighted by Crippen LogP contribution is 2.11. The van der Waals surface area contributed by atoms with E-state index in [0.717, 1.165) is 53.3 Å². The Bertz CT molecular complexity index is 1000. The normalized spacial score (nSPS) is 15.8. The van der Waals surface area contributed by atoms with Crippen molar-refractivity contribution < 1.29 is 9.53 Å². The monoisotopic (exact) mass is 460 g/mol. The van der Waals surface area contributed by atoms with E-state index in [0.29, 0.717) is 10.9 Å². The smallest absolute Gasteiger partial charge is 0.188 e. The standard InChI is InChI=1S/C17H24N2O2S.C8H9Cl/c1-5-6-15(19-7-9-21-10-8-19)16-14(11-12(2)3)18-17(22-16)13(4)20;1-2-7-4-3-5-8(9)6-7/h5-6,11-12H,7-10H2,1-4H3;3-6H,2H2,1H3/b6-5-,14-11-,16-15-;. The lowest BCUT2D eigenvalue weighted by atomic mass is 10.2. The summed E-state index contributed by atoms with van der Waals surface area (Å²) >= 11 is 7.21. The first-order chi connectivity index (χ1) is 14.8. The maximum Gasteiger partial charge on any atom is 0.188 e. The van der Waals surface area contributed by atoms with Crippen molar-refractivity contribution in [2.45, 2.75) is 41.0 Å². The van der Waals surface area contributed by atoms with Gasteiger partial charge in [-0.2, -0.15) is 0 Å². The lowest BCUT2D eigenvalue weighted by Crippen LogP contribution is -2.39. The highest BCUT2D eigenvalue weighted by Gasteiger charge is 2.15. The zero-order chi connectivity index (χ0) is 22.8. The van der Waals surface area contributed by atoms with Crippen LogP contribution in [0.5, 0.6) is 0 Å². The van der Waals surface area contributed by atoms with Gasteiger partial charge in [0.2, 0.25) is 0 Å². The predicted molar refractivity (Wildman–Crippen MR) is 132 cm³/mol. The molecular formula is C25H33ClN2O2S. The summed E-state index contributed by atoms with van der Waals surface area (Å²) in [7, 11) is 0. The molecule has 0 unspecified atom stereocenters. The number of hydrogen-bond acceptors (Lipinski definition) is 5. The second kappa shape index (κ2) is 12.8. The molecule has 1 aliphatic rings. The number of allylic oxidation sites excluding steroid dienone is 1. The van der Waals surface area contributed by atoms with E-state index in [1.54, 1.807) is 6.92 Å². The quantitative estimate of drug-likeness (QED) is 0.606. The van der Waals surface area contributed by atoms with E-state index in [9.17, 15) is 4.79 Å². The summed E-state index contributed by atoms with van der Waals surface area (Å²) in [6.07, 6.45) is 7.33. The van der Waals surface area contributed by atoms with Gasteiger partial charge in [-0.05, 0) is 43.0 Å². The van der Waals surface area contributed by atoms with Gasteiger partial charge in [0.05, 0.1) is 28.8 Å². The van der Waals surface area contributed by atoms with Gasteiger partial charge in [0, 0.05) is 25.0 Å². The highest BCUT2D eigenvalue weighted by molar-refractivity contribution is 7.11. The van der Waals surface area contributed by atoms with Crippen LogP contribution in [-0.2, 0) is 11.2 Å². The molecular weight excluding hydrogens is 428 g/mol. The van der Waals surface area contributed by atoms with Crippen LogP contribution in [-0.4, -0.2) is 42.0 Å². The van der Waals surface area contributed by atoms with Crippen LogP contribution in [0.15, 0.2) is 36.4 Å². The molecule has 0 saturated carbocycles. The number of ketones is 1. The Morgan fingerprint density at radius 3 is 2.55 bits per heavy atom. The Labute approximate surface area is 194 Å². The van der Waals surface area contributed by atoms with Crippen LogP contribution in [0.4, 0.5) is 0 Å². The number of thiazole rings is 1. The zero-order valence-corrected chi connectivity index (χ0v) is 20.7. The van der Waals surface area contributed by atoms with E-state index in [2.05, 4.69) is 48.9 Å². The first kappa shape index (κ1) is 25.3. The van der Waals surface area contributed by atoms with Gasteiger partial charge in [-0.25, -0.2) is 4.98 Å². The Morgan fingerprint density at radius 2 is 2.03 bits per heavy atom. The van der Waals surface area contributed by atoms with Crippen molar-refractivity contribution in [3.05, 3.63) is 61.9 Å². The number of carbonyl (C=O) groups excluding carboxylic acids is 1. The molecule has 2 heterocycles. The molecule has 4 nitrogen and oxygen atoms in total. The Balaban J connectivity index is 0.000000316. The van der Waals surface area contributed by atoms with E-state index >= 15 is 0 Å². The Kier molecular flexibility index (Phi) is 10.4. The molecule has 1 aromatic heterocycles. The topological polar surface area (TPSA) is 42.4 Å². The average molecular weight is 461 g/mol. The number of rotatable bonds is 5. The minimum atomic E-state index is 0.0245. The van der Waals surface area contributed by atoms with E-state index in [1.165, 1.54) is 16.9 Å². The SMILES string of the molecule is CCc1cccc(Cl)c1.C\C=C/C(=c1/sc(C(C)=O)n/c1=C\C(C)C)N1CCOCC1. The van der Waals surface area contributed by atoms with Crippen molar-refractivity contribution in [3.63, 3.8) is 0 Å². The number of aryl methyl sites for hydroxylation is 1. The largest absolute Gasteiger partial charge is 0.378 e. The van der Waals surface area contributed by atoms with Crippen LogP contribution in [0.1, 0.15) is 50.0 Å². The van der Waals surface area contributed by atoms with Gasteiger partial charge in [-0.3, -0.25) is 4.79 Å². The molecule has 0 spiro atoms. The van der Waals surface area contributed by atoms with Gasteiger partial charge in [0.15, 0.2) is 10.8 Å². The van der Waals surface area contributed by atoms with Crippen LogP contribution in [0.25, 0.3) is 11.8 Å². The fourth-order valence-corrected chi connectivity index (χ4v) is 4.35. The lowest BCUT2D eigenvalue weighted by molar-refractivity contribution is 0.0640. The maximum absolute atomic E-state index is 11.7. The van der Waals surface area contributed by atoms with Crippen molar-refractivity contribution in [3.8, 4) is 0 Å². The number of nitrogens with zero attached hydrogens (tertiary/aromatic N) is 2. The van der Waals surface area contributed by atoms with Crippen LogP contribution < -0.4 is 9.88 Å². The molecule has 0 radical (unpaired) electrons. The third-order valence-electron chi connectivity index (χ3n) is 4.65. The molecule has 2 aromatic rings. The fraction of sp³-hybridized carbons (Fsp3) is 0.440. The van der Waals surface area contributed by atoms with Crippen LogP contribution in [0.3, 0.4) is 0 Å².